The van der Waals surface area contributed by atoms with Gasteiger partial charge in [-0.05, 0) is 37.5 Å². The molecule has 1 saturated heterocycles. The molecule has 0 bridgehead atoms. The summed E-state index contributed by atoms with van der Waals surface area (Å²) < 4.78 is 5.73. The third-order valence-electron chi connectivity index (χ3n) is 3.81. The van der Waals surface area contributed by atoms with Crippen LogP contribution in [0.3, 0.4) is 0 Å². The molecule has 1 atom stereocenters. The first-order chi connectivity index (χ1) is 11.2. The number of amides is 1. The van der Waals surface area contributed by atoms with Crippen molar-refractivity contribution in [1.82, 2.24) is 15.6 Å². The molecule has 2 N–H and O–H groups in total. The van der Waals surface area contributed by atoms with Crippen molar-refractivity contribution in [2.75, 3.05) is 6.54 Å². The van der Waals surface area contributed by atoms with Gasteiger partial charge in [0.2, 0.25) is 5.91 Å². The van der Waals surface area contributed by atoms with Gasteiger partial charge in [0.1, 0.15) is 12.4 Å². The second-order valence-electron chi connectivity index (χ2n) is 5.66. The molecular formula is C17H21N3O2S. The third kappa shape index (κ3) is 4.53. The zero-order valence-electron chi connectivity index (χ0n) is 13.2. The summed E-state index contributed by atoms with van der Waals surface area (Å²) in [5.74, 6) is 0.935. The van der Waals surface area contributed by atoms with Gasteiger partial charge < -0.3 is 15.4 Å². The van der Waals surface area contributed by atoms with E-state index >= 15 is 0 Å². The van der Waals surface area contributed by atoms with Gasteiger partial charge >= 0.3 is 0 Å². The van der Waals surface area contributed by atoms with Gasteiger partial charge in [-0.15, -0.1) is 11.3 Å². The number of carbonyl (C=O) groups is 1. The van der Waals surface area contributed by atoms with Gasteiger partial charge in [-0.25, -0.2) is 4.98 Å². The standard InChI is InChI=1S/C17H21N3O2S/c1-12-20-14(11-23-12)10-22-15-6-4-13(5-7-15)9-19-16-3-2-8-18-17(16)21/h4-7,11,16,19H,2-3,8-10H2,1H3,(H,18,21)/t16-/m0/s1. The summed E-state index contributed by atoms with van der Waals surface area (Å²) >= 11 is 1.63. The monoisotopic (exact) mass is 331 g/mol. The number of carbonyl (C=O) groups excluding carboxylic acids is 1. The van der Waals surface area contributed by atoms with Crippen LogP contribution in [-0.4, -0.2) is 23.5 Å². The lowest BCUT2D eigenvalue weighted by molar-refractivity contribution is -0.124. The van der Waals surface area contributed by atoms with Crippen LogP contribution in [0.4, 0.5) is 0 Å². The maximum atomic E-state index is 11.7. The first-order valence-electron chi connectivity index (χ1n) is 7.84. The fourth-order valence-corrected chi connectivity index (χ4v) is 3.14. The molecule has 0 radical (unpaired) electrons. The molecule has 3 rings (SSSR count). The lowest BCUT2D eigenvalue weighted by Gasteiger charge is -2.22. The third-order valence-corrected chi connectivity index (χ3v) is 4.64. The van der Waals surface area contributed by atoms with Crippen LogP contribution in [0.15, 0.2) is 29.6 Å². The van der Waals surface area contributed by atoms with Crippen molar-refractivity contribution in [3.8, 4) is 5.75 Å². The van der Waals surface area contributed by atoms with Gasteiger partial charge in [-0.1, -0.05) is 12.1 Å². The van der Waals surface area contributed by atoms with Crippen molar-refractivity contribution in [2.24, 2.45) is 0 Å². The van der Waals surface area contributed by atoms with E-state index < -0.39 is 0 Å². The zero-order valence-corrected chi connectivity index (χ0v) is 14.0. The number of ether oxygens (including phenoxy) is 1. The Bertz CT molecular complexity index is 654. The van der Waals surface area contributed by atoms with E-state index in [0.717, 1.165) is 41.4 Å². The Balaban J connectivity index is 1.47. The number of thiazole rings is 1. The van der Waals surface area contributed by atoms with Crippen LogP contribution in [-0.2, 0) is 17.9 Å². The lowest BCUT2D eigenvalue weighted by atomic mass is 10.1. The average Bonchev–Trinajstić information content (AvgIpc) is 2.99. The molecule has 6 heteroatoms. The average molecular weight is 331 g/mol. The van der Waals surface area contributed by atoms with Crippen LogP contribution in [0.5, 0.6) is 5.75 Å². The van der Waals surface area contributed by atoms with E-state index in [-0.39, 0.29) is 11.9 Å². The maximum Gasteiger partial charge on any atom is 0.237 e. The van der Waals surface area contributed by atoms with Gasteiger partial charge in [0.25, 0.3) is 0 Å². The summed E-state index contributed by atoms with van der Waals surface area (Å²) in [5, 5.41) is 9.26. The van der Waals surface area contributed by atoms with Crippen LogP contribution < -0.4 is 15.4 Å². The first-order valence-corrected chi connectivity index (χ1v) is 8.72. The molecule has 0 saturated carbocycles. The molecule has 5 nitrogen and oxygen atoms in total. The van der Waals surface area contributed by atoms with Crippen molar-refractivity contribution in [1.29, 1.82) is 0 Å². The Morgan fingerprint density at radius 3 is 2.91 bits per heavy atom. The molecule has 1 amide bonds. The minimum Gasteiger partial charge on any atom is -0.487 e. The number of piperidine rings is 1. The van der Waals surface area contributed by atoms with Gasteiger partial charge in [0, 0.05) is 18.5 Å². The smallest absolute Gasteiger partial charge is 0.237 e. The number of hydrogen-bond acceptors (Lipinski definition) is 5. The summed E-state index contributed by atoms with van der Waals surface area (Å²) in [6.07, 6.45) is 1.94. The molecule has 122 valence electrons. The Hall–Kier alpha value is -1.92. The molecule has 23 heavy (non-hydrogen) atoms. The van der Waals surface area contributed by atoms with Crippen molar-refractivity contribution in [2.45, 2.75) is 39.0 Å². The predicted octanol–water partition coefficient (Wildman–Crippen LogP) is 2.40. The molecule has 2 heterocycles. The van der Waals surface area contributed by atoms with Gasteiger partial charge in [-0.3, -0.25) is 4.79 Å². The summed E-state index contributed by atoms with van der Waals surface area (Å²) in [4.78, 5) is 16.1. The van der Waals surface area contributed by atoms with Gasteiger partial charge in [-0.2, -0.15) is 0 Å². The molecule has 0 aliphatic carbocycles. The topological polar surface area (TPSA) is 63.2 Å². The van der Waals surface area contributed by atoms with Crippen molar-refractivity contribution in [3.05, 3.63) is 45.9 Å². The molecular weight excluding hydrogens is 310 g/mol. The number of aryl methyl sites for hydroxylation is 1. The summed E-state index contributed by atoms with van der Waals surface area (Å²) in [6.45, 7) is 3.96. The normalized spacial score (nSPS) is 17.8. The molecule has 1 aliphatic rings. The highest BCUT2D eigenvalue weighted by Gasteiger charge is 2.20. The highest BCUT2D eigenvalue weighted by Crippen LogP contribution is 2.16. The summed E-state index contributed by atoms with van der Waals surface area (Å²) in [6, 6.07) is 7.88. The van der Waals surface area contributed by atoms with E-state index in [9.17, 15) is 4.79 Å². The van der Waals surface area contributed by atoms with E-state index in [0.29, 0.717) is 13.2 Å². The Morgan fingerprint density at radius 1 is 1.39 bits per heavy atom. The number of rotatable bonds is 6. The maximum absolute atomic E-state index is 11.7. The highest BCUT2D eigenvalue weighted by atomic mass is 32.1. The number of nitrogens with one attached hydrogen (secondary N) is 2. The number of nitrogens with zero attached hydrogens (tertiary/aromatic N) is 1. The molecule has 1 fully saturated rings. The van der Waals surface area contributed by atoms with E-state index in [1.165, 1.54) is 0 Å². The van der Waals surface area contributed by atoms with Crippen molar-refractivity contribution in [3.63, 3.8) is 0 Å². The van der Waals surface area contributed by atoms with E-state index in [1.54, 1.807) is 11.3 Å². The molecule has 1 aromatic heterocycles. The number of hydrogen-bond donors (Lipinski definition) is 2. The van der Waals surface area contributed by atoms with Crippen LogP contribution in [0.1, 0.15) is 29.1 Å². The fourth-order valence-electron chi connectivity index (χ4n) is 2.54. The molecule has 2 aromatic rings. The van der Waals surface area contributed by atoms with E-state index in [4.69, 9.17) is 4.74 Å². The minimum absolute atomic E-state index is 0.0763. The largest absolute Gasteiger partial charge is 0.487 e. The summed E-state index contributed by atoms with van der Waals surface area (Å²) in [7, 11) is 0. The zero-order chi connectivity index (χ0) is 16.1. The lowest BCUT2D eigenvalue weighted by Crippen LogP contribution is -2.47. The quantitative estimate of drug-likeness (QED) is 0.853. The van der Waals surface area contributed by atoms with Crippen LogP contribution >= 0.6 is 11.3 Å². The molecule has 0 unspecified atom stereocenters. The SMILES string of the molecule is Cc1nc(COc2ccc(CN[C@H]3CCCNC3=O)cc2)cs1. The fraction of sp³-hybridized carbons (Fsp3) is 0.412. The molecule has 1 aromatic carbocycles. The van der Waals surface area contributed by atoms with Crippen LogP contribution in [0.2, 0.25) is 0 Å². The Labute approximate surface area is 140 Å². The number of benzene rings is 1. The van der Waals surface area contributed by atoms with E-state index in [2.05, 4.69) is 15.6 Å². The Kier molecular flexibility index (Phi) is 5.25. The number of aromatic nitrogens is 1. The van der Waals surface area contributed by atoms with Gasteiger partial charge in [0.05, 0.1) is 16.7 Å². The van der Waals surface area contributed by atoms with Crippen molar-refractivity contribution < 1.29 is 9.53 Å². The van der Waals surface area contributed by atoms with Gasteiger partial charge in [0.15, 0.2) is 0 Å². The van der Waals surface area contributed by atoms with Crippen LogP contribution in [0, 0.1) is 6.92 Å². The summed E-state index contributed by atoms with van der Waals surface area (Å²) in [5.41, 5.74) is 2.10. The molecule has 0 spiro atoms. The Morgan fingerprint density at radius 2 is 2.22 bits per heavy atom. The predicted molar refractivity (Wildman–Crippen MR) is 90.5 cm³/mol. The molecule has 1 aliphatic heterocycles. The highest BCUT2D eigenvalue weighted by molar-refractivity contribution is 7.09. The second kappa shape index (κ2) is 7.57. The van der Waals surface area contributed by atoms with Crippen LogP contribution in [0.25, 0.3) is 0 Å². The van der Waals surface area contributed by atoms with Crippen molar-refractivity contribution >= 4 is 17.2 Å². The second-order valence-corrected chi connectivity index (χ2v) is 6.72. The minimum atomic E-state index is -0.0763. The van der Waals surface area contributed by atoms with E-state index in [1.807, 2.05) is 36.6 Å². The first kappa shape index (κ1) is 16.0.